The van der Waals surface area contributed by atoms with Crippen molar-refractivity contribution in [3.05, 3.63) is 81.5 Å². The van der Waals surface area contributed by atoms with Crippen LogP contribution >= 0.6 is 0 Å². The number of amides is 1. The van der Waals surface area contributed by atoms with E-state index in [9.17, 15) is 27.2 Å². The number of hydrogen-bond donors (Lipinski definition) is 1. The standard InChI is InChI=1S/C23H17F4N3O3/c1-2-33-20-10-22(32)30(15-5-4-14(11-28)18(9-15)23(25,26)27)12-17(20)16-6-3-13(7-19(16)24)8-21(29)31/h3-7,9-10,12H,2,8H2,1H3,(H2,29,31). The second-order valence-corrected chi connectivity index (χ2v) is 6.99. The lowest BCUT2D eigenvalue weighted by molar-refractivity contribution is -0.137. The zero-order valence-corrected chi connectivity index (χ0v) is 17.2. The van der Waals surface area contributed by atoms with Gasteiger partial charge in [0.05, 0.1) is 30.2 Å². The van der Waals surface area contributed by atoms with Gasteiger partial charge in [-0.1, -0.05) is 12.1 Å². The molecule has 0 spiro atoms. The van der Waals surface area contributed by atoms with E-state index in [0.29, 0.717) is 11.6 Å². The van der Waals surface area contributed by atoms with Crippen molar-refractivity contribution in [1.29, 1.82) is 5.26 Å². The largest absolute Gasteiger partial charge is 0.493 e. The molecule has 0 radical (unpaired) electrons. The summed E-state index contributed by atoms with van der Waals surface area (Å²) < 4.78 is 61.4. The molecule has 3 rings (SSSR count). The van der Waals surface area contributed by atoms with E-state index in [2.05, 4.69) is 0 Å². The Morgan fingerprint density at radius 2 is 1.88 bits per heavy atom. The zero-order valence-electron chi connectivity index (χ0n) is 17.2. The summed E-state index contributed by atoms with van der Waals surface area (Å²) >= 11 is 0. The molecular weight excluding hydrogens is 442 g/mol. The van der Waals surface area contributed by atoms with Gasteiger partial charge in [-0.15, -0.1) is 0 Å². The molecule has 0 unspecified atom stereocenters. The Morgan fingerprint density at radius 1 is 1.15 bits per heavy atom. The first-order chi connectivity index (χ1) is 15.5. The summed E-state index contributed by atoms with van der Waals surface area (Å²) in [4.78, 5) is 23.8. The number of primary amides is 1. The molecule has 0 bridgehead atoms. The van der Waals surface area contributed by atoms with Gasteiger partial charge < -0.3 is 10.5 Å². The lowest BCUT2D eigenvalue weighted by Gasteiger charge is -2.16. The van der Waals surface area contributed by atoms with E-state index in [1.54, 1.807) is 6.92 Å². The van der Waals surface area contributed by atoms with E-state index in [0.717, 1.165) is 22.8 Å². The number of halogens is 4. The molecule has 33 heavy (non-hydrogen) atoms. The van der Waals surface area contributed by atoms with Crippen LogP contribution in [-0.4, -0.2) is 17.1 Å². The average Bonchev–Trinajstić information content (AvgIpc) is 2.73. The Hall–Kier alpha value is -4.13. The Labute approximate surface area is 185 Å². The van der Waals surface area contributed by atoms with Gasteiger partial charge >= 0.3 is 6.18 Å². The number of pyridine rings is 1. The monoisotopic (exact) mass is 459 g/mol. The molecule has 2 N–H and O–H groups in total. The maximum atomic E-state index is 14.9. The Balaban J connectivity index is 2.22. The van der Waals surface area contributed by atoms with Crippen LogP contribution < -0.4 is 16.0 Å². The highest BCUT2D eigenvalue weighted by atomic mass is 19.4. The van der Waals surface area contributed by atoms with Crippen molar-refractivity contribution < 1.29 is 27.1 Å². The molecule has 3 aromatic rings. The Morgan fingerprint density at radius 3 is 2.45 bits per heavy atom. The highest BCUT2D eigenvalue weighted by molar-refractivity contribution is 5.77. The molecule has 0 atom stereocenters. The van der Waals surface area contributed by atoms with Crippen molar-refractivity contribution in [2.45, 2.75) is 19.5 Å². The van der Waals surface area contributed by atoms with Crippen LogP contribution in [-0.2, 0) is 17.4 Å². The smallest absolute Gasteiger partial charge is 0.417 e. The quantitative estimate of drug-likeness (QED) is 0.564. The molecule has 0 saturated heterocycles. The number of alkyl halides is 3. The van der Waals surface area contributed by atoms with Gasteiger partial charge in [0.25, 0.3) is 5.56 Å². The summed E-state index contributed by atoms with van der Waals surface area (Å²) in [5.74, 6) is -1.35. The number of nitriles is 1. The number of aromatic nitrogens is 1. The third-order valence-corrected chi connectivity index (χ3v) is 4.72. The van der Waals surface area contributed by atoms with Crippen molar-refractivity contribution >= 4 is 5.91 Å². The molecule has 0 fully saturated rings. The number of carbonyl (C=O) groups is 1. The fourth-order valence-electron chi connectivity index (χ4n) is 3.30. The molecule has 0 aliphatic heterocycles. The predicted octanol–water partition coefficient (Wildman–Crippen LogP) is 3.96. The fourth-order valence-corrected chi connectivity index (χ4v) is 3.30. The molecule has 10 heteroatoms. The molecule has 2 aromatic carbocycles. The minimum absolute atomic E-state index is 0.00473. The normalized spacial score (nSPS) is 11.2. The molecular formula is C23H17F4N3O3. The van der Waals surface area contributed by atoms with E-state index in [1.807, 2.05) is 0 Å². The summed E-state index contributed by atoms with van der Waals surface area (Å²) in [5.41, 5.74) is 2.90. The van der Waals surface area contributed by atoms with Gasteiger partial charge in [-0.2, -0.15) is 18.4 Å². The molecule has 1 aromatic heterocycles. The molecule has 1 amide bonds. The third kappa shape index (κ3) is 5.03. The zero-order chi connectivity index (χ0) is 24.3. The lowest BCUT2D eigenvalue weighted by atomic mass is 10.0. The molecule has 170 valence electrons. The van der Waals surface area contributed by atoms with Crippen LogP contribution in [0.2, 0.25) is 0 Å². The summed E-state index contributed by atoms with van der Waals surface area (Å²) in [6, 6.07) is 9.28. The van der Waals surface area contributed by atoms with Crippen LogP contribution in [0.5, 0.6) is 5.75 Å². The molecule has 0 aliphatic carbocycles. The van der Waals surface area contributed by atoms with Gasteiger partial charge in [-0.3, -0.25) is 14.2 Å². The van der Waals surface area contributed by atoms with Gasteiger partial charge in [0.1, 0.15) is 11.6 Å². The molecule has 0 aliphatic rings. The number of nitrogens with two attached hydrogens (primary N) is 1. The van der Waals surface area contributed by atoms with Gasteiger partial charge in [-0.25, -0.2) is 4.39 Å². The van der Waals surface area contributed by atoms with E-state index < -0.39 is 34.6 Å². The summed E-state index contributed by atoms with van der Waals surface area (Å²) in [7, 11) is 0. The minimum Gasteiger partial charge on any atom is -0.493 e. The van der Waals surface area contributed by atoms with E-state index in [4.69, 9.17) is 15.7 Å². The first-order valence-electron chi connectivity index (χ1n) is 9.63. The van der Waals surface area contributed by atoms with Gasteiger partial charge in [0.2, 0.25) is 5.91 Å². The third-order valence-electron chi connectivity index (χ3n) is 4.72. The van der Waals surface area contributed by atoms with E-state index in [-0.39, 0.29) is 35.6 Å². The highest BCUT2D eigenvalue weighted by Gasteiger charge is 2.34. The summed E-state index contributed by atoms with van der Waals surface area (Å²) in [5, 5.41) is 8.99. The van der Waals surface area contributed by atoms with Crippen LogP contribution in [0, 0.1) is 17.1 Å². The van der Waals surface area contributed by atoms with Gasteiger partial charge in [0.15, 0.2) is 0 Å². The van der Waals surface area contributed by atoms with Crippen molar-refractivity contribution in [1.82, 2.24) is 4.57 Å². The molecule has 1 heterocycles. The minimum atomic E-state index is -4.82. The first kappa shape index (κ1) is 23.5. The Bertz CT molecular complexity index is 1320. The molecule has 6 nitrogen and oxygen atoms in total. The van der Waals surface area contributed by atoms with Crippen molar-refractivity contribution in [2.75, 3.05) is 6.61 Å². The maximum absolute atomic E-state index is 14.9. The fraction of sp³-hybridized carbons (Fsp3) is 0.174. The topological polar surface area (TPSA) is 98.1 Å². The highest BCUT2D eigenvalue weighted by Crippen LogP contribution is 2.35. The van der Waals surface area contributed by atoms with Crippen molar-refractivity contribution in [2.24, 2.45) is 5.73 Å². The number of ether oxygens (including phenoxy) is 1. The van der Waals surface area contributed by atoms with Crippen LogP contribution in [0.3, 0.4) is 0 Å². The van der Waals surface area contributed by atoms with E-state index >= 15 is 0 Å². The van der Waals surface area contributed by atoms with Gasteiger partial charge in [-0.05, 0) is 36.8 Å². The number of benzene rings is 2. The predicted molar refractivity (Wildman–Crippen MR) is 111 cm³/mol. The number of hydrogen-bond acceptors (Lipinski definition) is 4. The SMILES string of the molecule is CCOc1cc(=O)n(-c2ccc(C#N)c(C(F)(F)F)c2)cc1-c1ccc(CC(N)=O)cc1F. The second kappa shape index (κ2) is 9.16. The second-order valence-electron chi connectivity index (χ2n) is 6.99. The van der Waals surface area contributed by atoms with Crippen LogP contribution in [0.15, 0.2) is 53.5 Å². The molecule has 0 saturated carbocycles. The number of carbonyl (C=O) groups excluding carboxylic acids is 1. The Kier molecular flexibility index (Phi) is 6.53. The van der Waals surface area contributed by atoms with E-state index in [1.165, 1.54) is 30.5 Å². The average molecular weight is 459 g/mol. The summed E-state index contributed by atoms with van der Waals surface area (Å²) in [6.07, 6.45) is -3.83. The number of rotatable bonds is 6. The maximum Gasteiger partial charge on any atom is 0.417 e. The first-order valence-corrected chi connectivity index (χ1v) is 9.63. The van der Waals surface area contributed by atoms with Crippen LogP contribution in [0.25, 0.3) is 16.8 Å². The van der Waals surface area contributed by atoms with Crippen molar-refractivity contribution in [3.63, 3.8) is 0 Å². The van der Waals surface area contributed by atoms with Crippen molar-refractivity contribution in [3.8, 4) is 28.6 Å². The number of nitrogens with zero attached hydrogens (tertiary/aromatic N) is 2. The van der Waals surface area contributed by atoms with Gasteiger partial charge in [0, 0.05) is 29.1 Å². The summed E-state index contributed by atoms with van der Waals surface area (Å²) in [6.45, 7) is 1.80. The van der Waals surface area contributed by atoms with Crippen LogP contribution in [0.1, 0.15) is 23.6 Å². The van der Waals surface area contributed by atoms with Crippen LogP contribution in [0.4, 0.5) is 17.6 Å². The lowest BCUT2D eigenvalue weighted by Crippen LogP contribution is -2.19.